The van der Waals surface area contributed by atoms with Crippen LogP contribution in [0.1, 0.15) is 74.2 Å². The van der Waals surface area contributed by atoms with Crippen molar-refractivity contribution in [3.8, 4) is 5.88 Å². The van der Waals surface area contributed by atoms with Gasteiger partial charge in [0.15, 0.2) is 0 Å². The molecule has 0 saturated heterocycles. The number of hydrogen-bond acceptors (Lipinski definition) is 7. The minimum atomic E-state index is -0.712. The summed E-state index contributed by atoms with van der Waals surface area (Å²) in [5, 5.41) is 9.04. The first-order chi connectivity index (χ1) is 17.2. The number of carbonyl (C=O) groups excluding carboxylic acids is 1. The third-order valence-electron chi connectivity index (χ3n) is 7.27. The molecule has 2 heterocycles. The third-order valence-corrected chi connectivity index (χ3v) is 7.27. The molecular weight excluding hydrogens is 458 g/mol. The van der Waals surface area contributed by atoms with E-state index in [1.165, 1.54) is 5.56 Å². The number of benzene rings is 1. The van der Waals surface area contributed by atoms with Crippen LogP contribution in [0, 0.1) is 11.8 Å². The summed E-state index contributed by atoms with van der Waals surface area (Å²) in [6, 6.07) is 8.08. The summed E-state index contributed by atoms with van der Waals surface area (Å²) >= 11 is 0. The Morgan fingerprint density at radius 1 is 1.19 bits per heavy atom. The molecule has 36 heavy (non-hydrogen) atoms. The minimum absolute atomic E-state index is 0.123. The topological polar surface area (TPSA) is 122 Å². The predicted molar refractivity (Wildman–Crippen MR) is 140 cm³/mol. The summed E-state index contributed by atoms with van der Waals surface area (Å²) in [7, 11) is 1.91. The maximum Gasteiger partial charge on any atom is 0.303 e. The highest BCUT2D eigenvalue weighted by Gasteiger charge is 2.31. The van der Waals surface area contributed by atoms with E-state index in [1.807, 2.05) is 24.1 Å². The van der Waals surface area contributed by atoms with E-state index in [1.54, 1.807) is 4.90 Å². The fraction of sp³-hybridized carbons (Fsp3) is 0.556. The van der Waals surface area contributed by atoms with Gasteiger partial charge in [-0.25, -0.2) is 0 Å². The van der Waals surface area contributed by atoms with Crippen LogP contribution in [-0.2, 0) is 4.79 Å². The maximum atomic E-state index is 13.5. The van der Waals surface area contributed by atoms with E-state index in [9.17, 15) is 9.59 Å². The Bertz CT molecular complexity index is 1080. The molecule has 1 aliphatic heterocycles. The average Bonchev–Trinajstić information content (AvgIpc) is 3.01. The van der Waals surface area contributed by atoms with Crippen molar-refractivity contribution in [2.75, 3.05) is 42.3 Å². The van der Waals surface area contributed by atoms with E-state index in [0.29, 0.717) is 30.9 Å². The largest absolute Gasteiger partial charge is 0.481 e. The lowest BCUT2D eigenvalue weighted by Crippen LogP contribution is -2.33. The van der Waals surface area contributed by atoms with Crippen molar-refractivity contribution in [3.05, 3.63) is 35.4 Å². The number of carbonyl (C=O) groups is 2. The summed E-state index contributed by atoms with van der Waals surface area (Å²) in [4.78, 5) is 37.0. The molecule has 0 spiro atoms. The van der Waals surface area contributed by atoms with Crippen LogP contribution < -0.4 is 20.3 Å². The maximum absolute atomic E-state index is 13.5. The zero-order valence-corrected chi connectivity index (χ0v) is 21.4. The van der Waals surface area contributed by atoms with Crippen molar-refractivity contribution < 1.29 is 19.4 Å². The molecule has 9 heteroatoms. The van der Waals surface area contributed by atoms with Gasteiger partial charge in [0.2, 0.25) is 11.8 Å². The first kappa shape index (κ1) is 25.7. The smallest absolute Gasteiger partial charge is 0.303 e. The minimum Gasteiger partial charge on any atom is -0.481 e. The van der Waals surface area contributed by atoms with Crippen molar-refractivity contribution in [1.29, 1.82) is 0 Å². The van der Waals surface area contributed by atoms with Crippen molar-refractivity contribution >= 4 is 29.3 Å². The highest BCUT2D eigenvalue weighted by atomic mass is 16.5. The highest BCUT2D eigenvalue weighted by Crippen LogP contribution is 2.38. The van der Waals surface area contributed by atoms with E-state index in [-0.39, 0.29) is 35.5 Å². The highest BCUT2D eigenvalue weighted by molar-refractivity contribution is 6.10. The normalized spacial score (nSPS) is 20.0. The third kappa shape index (κ3) is 5.88. The number of hydrogen-bond donors (Lipinski definition) is 2. The van der Waals surface area contributed by atoms with Crippen LogP contribution in [0.5, 0.6) is 5.88 Å². The van der Waals surface area contributed by atoms with Gasteiger partial charge in [0, 0.05) is 25.7 Å². The molecule has 1 saturated carbocycles. The fourth-order valence-corrected chi connectivity index (χ4v) is 5.06. The molecule has 1 fully saturated rings. The standard InChI is InChI=1S/C27H37N5O4/c1-17(2)12-13-31(3)27-29-24(28)23-25(30-27)36-15-14-32(26(23)35)21-10-8-20(9-11-21)19-6-4-18(5-7-19)16-22(33)34/h8-11,17-19H,4-7,12-16H2,1-3H3,(H,33,34)(H2,28,29,30)/t18-,19-. The Morgan fingerprint density at radius 2 is 1.89 bits per heavy atom. The van der Waals surface area contributed by atoms with Crippen LogP contribution in [0.2, 0.25) is 0 Å². The van der Waals surface area contributed by atoms with Crippen LogP contribution in [-0.4, -0.2) is 53.7 Å². The van der Waals surface area contributed by atoms with Crippen LogP contribution in [0.4, 0.5) is 17.5 Å². The zero-order chi connectivity index (χ0) is 25.8. The van der Waals surface area contributed by atoms with Crippen LogP contribution >= 0.6 is 0 Å². The van der Waals surface area contributed by atoms with Gasteiger partial charge in [0.05, 0.1) is 6.54 Å². The molecule has 2 aliphatic rings. The van der Waals surface area contributed by atoms with Gasteiger partial charge in [-0.05, 0) is 67.6 Å². The van der Waals surface area contributed by atoms with Crippen molar-refractivity contribution in [1.82, 2.24) is 9.97 Å². The lowest BCUT2D eigenvalue weighted by Gasteiger charge is -2.28. The molecule has 3 N–H and O–H groups in total. The summed E-state index contributed by atoms with van der Waals surface area (Å²) in [5.74, 6) is 1.08. The number of fused-ring (bicyclic) bond motifs is 1. The van der Waals surface area contributed by atoms with E-state index in [2.05, 4.69) is 35.9 Å². The van der Waals surface area contributed by atoms with Crippen molar-refractivity contribution in [2.24, 2.45) is 11.8 Å². The van der Waals surface area contributed by atoms with Gasteiger partial charge >= 0.3 is 5.97 Å². The lowest BCUT2D eigenvalue weighted by atomic mass is 9.77. The molecular formula is C27H37N5O4. The first-order valence-corrected chi connectivity index (χ1v) is 12.9. The monoisotopic (exact) mass is 495 g/mol. The molecule has 1 aromatic heterocycles. The summed E-state index contributed by atoms with van der Waals surface area (Å²) in [6.07, 6.45) is 5.10. The number of nitrogens with two attached hydrogens (primary N) is 1. The number of carboxylic acid groups (broad SMARTS) is 1. The van der Waals surface area contributed by atoms with Gasteiger partial charge in [-0.15, -0.1) is 0 Å². The Morgan fingerprint density at radius 3 is 2.53 bits per heavy atom. The lowest BCUT2D eigenvalue weighted by molar-refractivity contribution is -0.138. The van der Waals surface area contributed by atoms with Gasteiger partial charge in [-0.1, -0.05) is 26.0 Å². The second-order valence-electron chi connectivity index (χ2n) is 10.4. The Labute approximate surface area is 212 Å². The zero-order valence-electron chi connectivity index (χ0n) is 21.4. The molecule has 2 aromatic rings. The Hall–Kier alpha value is -3.36. The molecule has 1 amide bonds. The first-order valence-electron chi connectivity index (χ1n) is 12.9. The van der Waals surface area contributed by atoms with Crippen LogP contribution in [0.25, 0.3) is 0 Å². The summed E-state index contributed by atoms with van der Waals surface area (Å²) < 4.78 is 5.86. The van der Waals surface area contributed by atoms with Crippen molar-refractivity contribution in [2.45, 2.75) is 58.3 Å². The average molecular weight is 496 g/mol. The number of rotatable bonds is 8. The molecule has 0 atom stereocenters. The van der Waals surface area contributed by atoms with Gasteiger partial charge in [-0.2, -0.15) is 9.97 Å². The molecule has 0 radical (unpaired) electrons. The number of aromatic nitrogens is 2. The van der Waals surface area contributed by atoms with Crippen molar-refractivity contribution in [3.63, 3.8) is 0 Å². The van der Waals surface area contributed by atoms with Gasteiger partial charge in [0.1, 0.15) is 18.0 Å². The Kier molecular flexibility index (Phi) is 7.96. The number of nitrogens with zero attached hydrogens (tertiary/aromatic N) is 4. The number of carboxylic acids is 1. The quantitative estimate of drug-likeness (QED) is 0.555. The second-order valence-corrected chi connectivity index (χ2v) is 10.4. The molecule has 1 aliphatic carbocycles. The van der Waals surface area contributed by atoms with E-state index in [4.69, 9.17) is 15.6 Å². The molecule has 0 bridgehead atoms. The number of aliphatic carboxylic acids is 1. The Balaban J connectivity index is 1.47. The van der Waals surface area contributed by atoms with E-state index < -0.39 is 5.97 Å². The second kappa shape index (κ2) is 11.1. The molecule has 194 valence electrons. The number of ether oxygens (including phenoxy) is 1. The van der Waals surface area contributed by atoms with Crippen LogP contribution in [0.15, 0.2) is 24.3 Å². The van der Waals surface area contributed by atoms with Gasteiger partial charge in [0.25, 0.3) is 5.91 Å². The molecule has 0 unspecified atom stereocenters. The van der Waals surface area contributed by atoms with Crippen LogP contribution in [0.3, 0.4) is 0 Å². The SMILES string of the molecule is CC(C)CCN(C)c1nc(N)c2c(n1)OCCN(c1ccc([C@H]3CC[C@H](CC(=O)O)CC3)cc1)C2=O. The van der Waals surface area contributed by atoms with Gasteiger partial charge in [-0.3, -0.25) is 9.59 Å². The predicted octanol–water partition coefficient (Wildman–Crippen LogP) is 4.33. The number of anilines is 3. The molecule has 4 rings (SSSR count). The van der Waals surface area contributed by atoms with E-state index in [0.717, 1.165) is 44.3 Å². The number of nitrogen functional groups attached to an aromatic ring is 1. The fourth-order valence-electron chi connectivity index (χ4n) is 5.06. The summed E-state index contributed by atoms with van der Waals surface area (Å²) in [5.41, 5.74) is 8.46. The van der Waals surface area contributed by atoms with E-state index >= 15 is 0 Å². The van der Waals surface area contributed by atoms with Gasteiger partial charge < -0.3 is 25.4 Å². The molecule has 1 aromatic carbocycles. The summed E-state index contributed by atoms with van der Waals surface area (Å²) in [6.45, 7) is 5.79. The number of amides is 1. The molecule has 9 nitrogen and oxygen atoms in total.